The minimum absolute atomic E-state index is 0. The lowest BCUT2D eigenvalue weighted by molar-refractivity contribution is 0.0130. The summed E-state index contributed by atoms with van der Waals surface area (Å²) >= 11 is 12.8. The van der Waals surface area contributed by atoms with Crippen LogP contribution in [0.25, 0.3) is 16.9 Å². The van der Waals surface area contributed by atoms with Crippen LogP contribution in [-0.4, -0.2) is 33.3 Å². The first kappa shape index (κ1) is 22.7. The second-order valence-corrected chi connectivity index (χ2v) is 9.28. The maximum absolute atomic E-state index is 10.6. The topological polar surface area (TPSA) is 28.4 Å². The summed E-state index contributed by atoms with van der Waals surface area (Å²) in [6.45, 7) is 1.83. The van der Waals surface area contributed by atoms with E-state index in [4.69, 9.17) is 23.2 Å². The van der Waals surface area contributed by atoms with Gasteiger partial charge in [0.1, 0.15) is 0 Å². The van der Waals surface area contributed by atoms with Crippen molar-refractivity contribution in [3.8, 4) is 16.9 Å². The number of aliphatic hydroxyl groups is 1. The fourth-order valence-corrected chi connectivity index (χ4v) is 5.45. The van der Waals surface area contributed by atoms with Gasteiger partial charge < -0.3 is 9.67 Å². The normalized spacial score (nSPS) is 21.4. The number of fused-ring (bicyclic) bond motifs is 1. The van der Waals surface area contributed by atoms with Crippen molar-refractivity contribution in [2.75, 3.05) is 6.54 Å². The second-order valence-electron chi connectivity index (χ2n) is 8.43. The number of halogens is 3. The highest BCUT2D eigenvalue weighted by atomic mass is 35.5. The van der Waals surface area contributed by atoms with E-state index in [-0.39, 0.29) is 24.6 Å². The van der Waals surface area contributed by atoms with Gasteiger partial charge in [-0.25, -0.2) is 0 Å². The molecule has 0 radical (unpaired) electrons. The number of benzene rings is 2. The SMILES string of the molecule is Cl.OC1CCCCC1N1CCc2c(cc(-c3ccc(Cl)cc3)n2-c2ccccc2Cl)C1. The average Bonchev–Trinajstić information content (AvgIpc) is 3.13. The van der Waals surface area contributed by atoms with E-state index in [1.54, 1.807) is 0 Å². The number of rotatable bonds is 3. The summed E-state index contributed by atoms with van der Waals surface area (Å²) in [6.07, 6.45) is 5.09. The van der Waals surface area contributed by atoms with Crippen molar-refractivity contribution < 1.29 is 5.11 Å². The third kappa shape index (κ3) is 4.40. The summed E-state index contributed by atoms with van der Waals surface area (Å²) in [7, 11) is 0. The van der Waals surface area contributed by atoms with Crippen LogP contribution >= 0.6 is 35.6 Å². The lowest BCUT2D eigenvalue weighted by atomic mass is 9.90. The van der Waals surface area contributed by atoms with Crippen LogP contribution in [0.5, 0.6) is 0 Å². The van der Waals surface area contributed by atoms with Crippen LogP contribution in [0.15, 0.2) is 54.6 Å². The third-order valence-electron chi connectivity index (χ3n) is 6.60. The van der Waals surface area contributed by atoms with Gasteiger partial charge >= 0.3 is 0 Å². The molecule has 164 valence electrons. The number of nitrogens with zero attached hydrogens (tertiary/aromatic N) is 2. The smallest absolute Gasteiger partial charge is 0.0695 e. The Morgan fingerprint density at radius 3 is 2.42 bits per heavy atom. The molecule has 3 nitrogen and oxygen atoms in total. The van der Waals surface area contributed by atoms with Gasteiger partial charge in [0.25, 0.3) is 0 Å². The molecule has 1 fully saturated rings. The molecule has 2 aromatic carbocycles. The summed E-state index contributed by atoms with van der Waals surface area (Å²) in [5.41, 5.74) is 5.91. The van der Waals surface area contributed by atoms with E-state index in [1.807, 2.05) is 30.3 Å². The number of hydrogen-bond donors (Lipinski definition) is 1. The zero-order chi connectivity index (χ0) is 20.7. The highest BCUT2D eigenvalue weighted by Crippen LogP contribution is 2.37. The van der Waals surface area contributed by atoms with E-state index in [1.165, 1.54) is 17.7 Å². The summed E-state index contributed by atoms with van der Waals surface area (Å²) in [5, 5.41) is 12.1. The number of aromatic nitrogens is 1. The summed E-state index contributed by atoms with van der Waals surface area (Å²) in [4.78, 5) is 2.48. The second kappa shape index (κ2) is 9.56. The van der Waals surface area contributed by atoms with E-state index in [2.05, 4.69) is 33.7 Å². The molecule has 0 bridgehead atoms. The molecule has 31 heavy (non-hydrogen) atoms. The van der Waals surface area contributed by atoms with Gasteiger partial charge in [0.05, 0.1) is 22.5 Å². The molecule has 0 spiro atoms. The van der Waals surface area contributed by atoms with E-state index in [0.717, 1.165) is 65.8 Å². The lowest BCUT2D eigenvalue weighted by Crippen LogP contribution is -2.47. The lowest BCUT2D eigenvalue weighted by Gasteiger charge is -2.39. The summed E-state index contributed by atoms with van der Waals surface area (Å²) in [5.74, 6) is 0. The molecule has 2 atom stereocenters. The van der Waals surface area contributed by atoms with Crippen LogP contribution in [0.3, 0.4) is 0 Å². The van der Waals surface area contributed by atoms with Crippen LogP contribution in [0.2, 0.25) is 10.0 Å². The zero-order valence-electron chi connectivity index (χ0n) is 17.3. The average molecular weight is 478 g/mol. The van der Waals surface area contributed by atoms with Crippen molar-refractivity contribution in [3.05, 3.63) is 75.9 Å². The first-order chi connectivity index (χ1) is 14.6. The fourth-order valence-electron chi connectivity index (χ4n) is 5.10. The maximum atomic E-state index is 10.6. The maximum Gasteiger partial charge on any atom is 0.0695 e. The van der Waals surface area contributed by atoms with Gasteiger partial charge in [-0.15, -0.1) is 12.4 Å². The molecule has 2 heterocycles. The van der Waals surface area contributed by atoms with Crippen molar-refractivity contribution in [1.29, 1.82) is 0 Å². The molecular formula is C25H27Cl3N2O. The van der Waals surface area contributed by atoms with E-state index < -0.39 is 0 Å². The van der Waals surface area contributed by atoms with Crippen LogP contribution in [0.1, 0.15) is 36.9 Å². The van der Waals surface area contributed by atoms with Gasteiger partial charge in [0.15, 0.2) is 0 Å². The summed E-state index contributed by atoms with van der Waals surface area (Å²) in [6, 6.07) is 18.6. The molecule has 2 aliphatic rings. The molecule has 1 saturated carbocycles. The Labute approximate surface area is 200 Å². The van der Waals surface area contributed by atoms with Gasteiger partial charge in [-0.1, -0.05) is 60.3 Å². The highest BCUT2D eigenvalue weighted by molar-refractivity contribution is 6.32. The standard InChI is InChI=1S/C25H26Cl2N2O.ClH/c26-19-11-9-17(10-12-19)24-15-18-16-28(23-7-3-4-8-25(23)30)14-13-21(18)29(24)22-6-2-1-5-20(22)27;/h1-2,5-6,9-12,15,23,25,30H,3-4,7-8,13-14,16H2;1H. The van der Waals surface area contributed by atoms with Crippen molar-refractivity contribution in [2.45, 2.75) is 50.8 Å². The van der Waals surface area contributed by atoms with Gasteiger partial charge in [-0.3, -0.25) is 4.90 Å². The highest BCUT2D eigenvalue weighted by Gasteiger charge is 2.33. The predicted molar refractivity (Wildman–Crippen MR) is 131 cm³/mol. The molecule has 1 aromatic heterocycles. The van der Waals surface area contributed by atoms with Gasteiger partial charge in [-0.05, 0) is 54.3 Å². The molecule has 5 rings (SSSR count). The van der Waals surface area contributed by atoms with Crippen LogP contribution in [0.4, 0.5) is 0 Å². The Morgan fingerprint density at radius 1 is 0.935 bits per heavy atom. The third-order valence-corrected chi connectivity index (χ3v) is 7.17. The quantitative estimate of drug-likeness (QED) is 0.464. The Kier molecular flexibility index (Phi) is 7.00. The molecule has 0 saturated heterocycles. The Balaban J connectivity index is 0.00000231. The molecule has 1 N–H and O–H groups in total. The first-order valence-corrected chi connectivity index (χ1v) is 11.5. The molecule has 1 aliphatic carbocycles. The Bertz CT molecular complexity index is 1050. The van der Waals surface area contributed by atoms with E-state index in [9.17, 15) is 5.11 Å². The van der Waals surface area contributed by atoms with Crippen LogP contribution in [-0.2, 0) is 13.0 Å². The number of aliphatic hydroxyl groups excluding tert-OH is 1. The molecular weight excluding hydrogens is 451 g/mol. The molecule has 1 aliphatic heterocycles. The van der Waals surface area contributed by atoms with Crippen molar-refractivity contribution in [3.63, 3.8) is 0 Å². The van der Waals surface area contributed by atoms with Crippen LogP contribution in [0, 0.1) is 0 Å². The minimum atomic E-state index is -0.207. The fraction of sp³-hybridized carbons (Fsp3) is 0.360. The monoisotopic (exact) mass is 476 g/mol. The Hall–Kier alpha value is -1.49. The Morgan fingerprint density at radius 2 is 1.68 bits per heavy atom. The molecule has 3 aromatic rings. The van der Waals surface area contributed by atoms with E-state index in [0.29, 0.717) is 0 Å². The van der Waals surface area contributed by atoms with Gasteiger partial charge in [0.2, 0.25) is 0 Å². The summed E-state index contributed by atoms with van der Waals surface area (Å²) < 4.78 is 2.32. The molecule has 6 heteroatoms. The van der Waals surface area contributed by atoms with Gasteiger partial charge in [-0.2, -0.15) is 0 Å². The van der Waals surface area contributed by atoms with Gasteiger partial charge in [0, 0.05) is 36.3 Å². The van der Waals surface area contributed by atoms with Crippen molar-refractivity contribution >= 4 is 35.6 Å². The van der Waals surface area contributed by atoms with Crippen molar-refractivity contribution in [1.82, 2.24) is 9.47 Å². The minimum Gasteiger partial charge on any atom is -0.391 e. The van der Waals surface area contributed by atoms with Crippen LogP contribution < -0.4 is 0 Å². The number of para-hydroxylation sites is 1. The first-order valence-electron chi connectivity index (χ1n) is 10.8. The van der Waals surface area contributed by atoms with E-state index >= 15 is 0 Å². The number of hydrogen-bond acceptors (Lipinski definition) is 2. The largest absolute Gasteiger partial charge is 0.391 e. The van der Waals surface area contributed by atoms with Crippen molar-refractivity contribution in [2.24, 2.45) is 0 Å². The predicted octanol–water partition coefficient (Wildman–Crippen LogP) is 6.53. The molecule has 0 amide bonds. The zero-order valence-corrected chi connectivity index (χ0v) is 19.6. The molecule has 2 unspecified atom stereocenters.